The lowest BCUT2D eigenvalue weighted by molar-refractivity contribution is -0.385. The normalized spacial score (nSPS) is 10.5. The average Bonchev–Trinajstić information content (AvgIpc) is 2.71. The van der Waals surface area contributed by atoms with Gasteiger partial charge in [-0.05, 0) is 63.0 Å². The number of ether oxygens (including phenoxy) is 1. The Bertz CT molecular complexity index is 1250. The Balaban J connectivity index is 1.74. The lowest BCUT2D eigenvalue weighted by Gasteiger charge is -2.13. The van der Waals surface area contributed by atoms with Crippen molar-refractivity contribution in [3.63, 3.8) is 0 Å². The zero-order valence-corrected chi connectivity index (χ0v) is 21.2. The van der Waals surface area contributed by atoms with Gasteiger partial charge in [0.05, 0.1) is 29.5 Å². The fourth-order valence-electron chi connectivity index (χ4n) is 2.62. The number of carbonyl (C=O) groups is 2. The van der Waals surface area contributed by atoms with E-state index in [2.05, 4.69) is 47.5 Å². The predicted molar refractivity (Wildman–Crippen MR) is 130 cm³/mol. The third-order valence-corrected chi connectivity index (χ3v) is 5.91. The SMILES string of the molecule is Cc1cc([N+](=O)[O-])cnc1Oc1c(Br)cc(NC(=O)NC(=O)c2c(Cl)cccc2Cl)cc1Br. The molecule has 3 aromatic rings. The van der Waals surface area contributed by atoms with E-state index in [1.807, 2.05) is 0 Å². The van der Waals surface area contributed by atoms with Gasteiger partial charge in [0.15, 0.2) is 5.75 Å². The van der Waals surface area contributed by atoms with Gasteiger partial charge in [0.2, 0.25) is 5.88 Å². The fourth-order valence-corrected chi connectivity index (χ4v) is 4.54. The molecule has 1 heterocycles. The van der Waals surface area contributed by atoms with Gasteiger partial charge in [-0.1, -0.05) is 29.3 Å². The molecule has 0 aliphatic heterocycles. The summed E-state index contributed by atoms with van der Waals surface area (Å²) >= 11 is 18.7. The summed E-state index contributed by atoms with van der Waals surface area (Å²) in [7, 11) is 0. The first-order valence-electron chi connectivity index (χ1n) is 8.91. The highest BCUT2D eigenvalue weighted by Gasteiger charge is 2.19. The molecule has 0 aliphatic rings. The number of hydrogen-bond donors (Lipinski definition) is 2. The molecule has 33 heavy (non-hydrogen) atoms. The smallest absolute Gasteiger partial charge is 0.326 e. The maximum absolute atomic E-state index is 12.3. The Labute approximate surface area is 213 Å². The Morgan fingerprint density at radius 2 is 1.73 bits per heavy atom. The monoisotopic (exact) mass is 616 g/mol. The van der Waals surface area contributed by atoms with E-state index in [1.165, 1.54) is 30.3 Å². The second-order valence-electron chi connectivity index (χ2n) is 6.45. The van der Waals surface area contributed by atoms with E-state index in [0.717, 1.165) is 6.20 Å². The molecule has 0 saturated heterocycles. The van der Waals surface area contributed by atoms with Crippen molar-refractivity contribution in [2.75, 3.05) is 5.32 Å². The largest absolute Gasteiger partial charge is 0.436 e. The number of anilines is 1. The van der Waals surface area contributed by atoms with Crippen LogP contribution in [0.4, 0.5) is 16.2 Å². The Morgan fingerprint density at radius 3 is 2.27 bits per heavy atom. The topological polar surface area (TPSA) is 123 Å². The summed E-state index contributed by atoms with van der Waals surface area (Å²) in [6.45, 7) is 1.62. The number of amides is 3. The first-order valence-corrected chi connectivity index (χ1v) is 11.2. The van der Waals surface area contributed by atoms with Crippen molar-refractivity contribution in [1.82, 2.24) is 10.3 Å². The predicted octanol–water partition coefficient (Wildman–Crippen LogP) is 6.88. The number of imide groups is 1. The van der Waals surface area contributed by atoms with Gasteiger partial charge in [0.1, 0.15) is 6.20 Å². The van der Waals surface area contributed by atoms with Crippen LogP contribution in [0.1, 0.15) is 15.9 Å². The van der Waals surface area contributed by atoms with Crippen molar-refractivity contribution in [2.24, 2.45) is 0 Å². The van der Waals surface area contributed by atoms with Crippen molar-refractivity contribution in [2.45, 2.75) is 6.92 Å². The minimum atomic E-state index is -0.809. The van der Waals surface area contributed by atoms with E-state index in [0.29, 0.717) is 25.9 Å². The summed E-state index contributed by atoms with van der Waals surface area (Å²) in [6, 6.07) is 8.14. The summed E-state index contributed by atoms with van der Waals surface area (Å²) < 4.78 is 6.65. The number of halogens is 4. The maximum Gasteiger partial charge on any atom is 0.326 e. The number of nitrogens with one attached hydrogen (secondary N) is 2. The summed E-state index contributed by atoms with van der Waals surface area (Å²) in [4.78, 5) is 38.9. The number of hydrogen-bond acceptors (Lipinski definition) is 6. The summed E-state index contributed by atoms with van der Waals surface area (Å²) in [5.74, 6) is -0.270. The number of nitro groups is 1. The van der Waals surface area contributed by atoms with Crippen LogP contribution < -0.4 is 15.4 Å². The third-order valence-electron chi connectivity index (χ3n) is 4.10. The first-order chi connectivity index (χ1) is 15.6. The number of aryl methyl sites for hydroxylation is 1. The standard InChI is InChI=1S/C20H12Br2Cl2N4O5/c1-9-5-11(28(31)32)8-25-19(9)33-17-12(21)6-10(7-13(17)22)26-20(30)27-18(29)16-14(23)3-2-4-15(16)24/h2-8H,1H3,(H2,26,27,29,30). The number of aromatic nitrogens is 1. The molecule has 0 fully saturated rings. The summed E-state index contributed by atoms with van der Waals surface area (Å²) in [5.41, 5.74) is 0.607. The molecule has 0 unspecified atom stereocenters. The number of benzene rings is 2. The van der Waals surface area contributed by atoms with Gasteiger partial charge in [-0.2, -0.15) is 0 Å². The van der Waals surface area contributed by atoms with E-state index >= 15 is 0 Å². The third kappa shape index (κ3) is 5.99. The van der Waals surface area contributed by atoms with Crippen LogP contribution >= 0.6 is 55.1 Å². The van der Waals surface area contributed by atoms with Crippen molar-refractivity contribution in [3.05, 3.63) is 82.8 Å². The van der Waals surface area contributed by atoms with Crippen molar-refractivity contribution in [3.8, 4) is 11.6 Å². The molecule has 3 amide bonds. The number of nitrogens with zero attached hydrogens (tertiary/aromatic N) is 2. The van der Waals surface area contributed by atoms with Gasteiger partial charge in [0, 0.05) is 17.3 Å². The quantitative estimate of drug-likeness (QED) is 0.237. The minimum absolute atomic E-state index is 0.0203. The Hall–Kier alpha value is -2.73. The van der Waals surface area contributed by atoms with Crippen molar-refractivity contribution < 1.29 is 19.2 Å². The van der Waals surface area contributed by atoms with Crippen LogP contribution in [0.25, 0.3) is 0 Å². The lowest BCUT2D eigenvalue weighted by atomic mass is 10.2. The fraction of sp³-hybridized carbons (Fsp3) is 0.0500. The molecule has 2 aromatic carbocycles. The molecule has 0 aliphatic carbocycles. The molecule has 0 spiro atoms. The van der Waals surface area contributed by atoms with E-state index in [1.54, 1.807) is 13.0 Å². The second kappa shape index (κ2) is 10.5. The maximum atomic E-state index is 12.3. The van der Waals surface area contributed by atoms with E-state index in [9.17, 15) is 19.7 Å². The number of pyridine rings is 1. The van der Waals surface area contributed by atoms with Gasteiger partial charge in [0.25, 0.3) is 11.6 Å². The van der Waals surface area contributed by atoms with Crippen LogP contribution in [0.3, 0.4) is 0 Å². The first kappa shape index (κ1) is 24.9. The van der Waals surface area contributed by atoms with Crippen molar-refractivity contribution in [1.29, 1.82) is 0 Å². The van der Waals surface area contributed by atoms with Crippen LogP contribution in [0.2, 0.25) is 10.0 Å². The van der Waals surface area contributed by atoms with Crippen LogP contribution in [0, 0.1) is 17.0 Å². The summed E-state index contributed by atoms with van der Waals surface area (Å²) in [5, 5.41) is 15.8. The highest BCUT2D eigenvalue weighted by Crippen LogP contribution is 2.39. The average molecular weight is 619 g/mol. The van der Waals surface area contributed by atoms with Crippen LogP contribution in [-0.2, 0) is 0 Å². The molecule has 13 heteroatoms. The molecule has 170 valence electrons. The van der Waals surface area contributed by atoms with Crippen LogP contribution in [-0.4, -0.2) is 21.8 Å². The number of carbonyl (C=O) groups excluding carboxylic acids is 2. The van der Waals surface area contributed by atoms with Crippen LogP contribution in [0.15, 0.2) is 51.5 Å². The van der Waals surface area contributed by atoms with Gasteiger partial charge in [-0.25, -0.2) is 9.78 Å². The zero-order valence-electron chi connectivity index (χ0n) is 16.5. The molecule has 0 bridgehead atoms. The van der Waals surface area contributed by atoms with Crippen molar-refractivity contribution >= 4 is 78.4 Å². The Morgan fingerprint density at radius 1 is 1.12 bits per heavy atom. The molecule has 2 N–H and O–H groups in total. The van der Waals surface area contributed by atoms with E-state index in [-0.39, 0.29) is 27.2 Å². The number of rotatable bonds is 5. The van der Waals surface area contributed by atoms with Crippen LogP contribution in [0.5, 0.6) is 11.6 Å². The molecule has 3 rings (SSSR count). The highest BCUT2D eigenvalue weighted by atomic mass is 79.9. The molecule has 0 saturated carbocycles. The molecular weight excluding hydrogens is 607 g/mol. The molecule has 0 radical (unpaired) electrons. The molecule has 0 atom stereocenters. The minimum Gasteiger partial charge on any atom is -0.436 e. The Kier molecular flexibility index (Phi) is 7.90. The van der Waals surface area contributed by atoms with Gasteiger partial charge >= 0.3 is 6.03 Å². The molecule has 9 nitrogen and oxygen atoms in total. The zero-order chi connectivity index (χ0) is 24.3. The highest BCUT2D eigenvalue weighted by molar-refractivity contribution is 9.11. The van der Waals surface area contributed by atoms with E-state index in [4.69, 9.17) is 27.9 Å². The molecule has 1 aromatic heterocycles. The van der Waals surface area contributed by atoms with Gasteiger partial charge < -0.3 is 10.1 Å². The summed E-state index contributed by atoms with van der Waals surface area (Å²) in [6.07, 6.45) is 1.09. The lowest BCUT2D eigenvalue weighted by Crippen LogP contribution is -2.34. The number of urea groups is 1. The second-order valence-corrected chi connectivity index (χ2v) is 8.97. The van der Waals surface area contributed by atoms with Gasteiger partial charge in [-0.3, -0.25) is 20.2 Å². The van der Waals surface area contributed by atoms with E-state index < -0.39 is 16.9 Å². The molecular formula is C20H12Br2Cl2N4O5. The van der Waals surface area contributed by atoms with Gasteiger partial charge in [-0.15, -0.1) is 0 Å².